The van der Waals surface area contributed by atoms with Gasteiger partial charge < -0.3 is 5.32 Å². The van der Waals surface area contributed by atoms with Gasteiger partial charge in [0.05, 0.1) is 0 Å². The second-order valence-electron chi connectivity index (χ2n) is 5.29. The lowest BCUT2D eigenvalue weighted by Crippen LogP contribution is -2.26. The van der Waals surface area contributed by atoms with Gasteiger partial charge in [0.25, 0.3) is 0 Å². The average molecular weight is 336 g/mol. The molecule has 0 aliphatic carbocycles. The fraction of sp³-hybridized carbons (Fsp3) is 0.263. The first-order valence-corrected chi connectivity index (χ1v) is 7.81. The molecule has 2 aromatic rings. The Morgan fingerprint density at radius 3 is 2.41 bits per heavy atom. The first-order valence-electron chi connectivity index (χ1n) is 7.43. The Kier molecular flexibility index (Phi) is 8.91. The van der Waals surface area contributed by atoms with Crippen molar-refractivity contribution in [2.45, 2.75) is 25.8 Å². The number of halogens is 2. The van der Waals surface area contributed by atoms with Crippen LogP contribution in [0.3, 0.4) is 0 Å². The molecule has 0 saturated heterocycles. The van der Waals surface area contributed by atoms with Crippen LogP contribution in [0, 0.1) is 0 Å². The molecule has 0 spiro atoms. The Morgan fingerprint density at radius 1 is 1.05 bits per heavy atom. The molecule has 0 aliphatic heterocycles. The highest BCUT2D eigenvalue weighted by atomic mass is 35.5. The SMILES string of the molecule is CC(CCc1ccccc1)NC/C=C/c1ccc(Cl)cc1.Cl. The molecular weight excluding hydrogens is 313 g/mol. The summed E-state index contributed by atoms with van der Waals surface area (Å²) in [5.74, 6) is 0. The summed E-state index contributed by atoms with van der Waals surface area (Å²) in [4.78, 5) is 0. The highest BCUT2D eigenvalue weighted by Crippen LogP contribution is 2.10. The van der Waals surface area contributed by atoms with Crippen molar-refractivity contribution in [2.24, 2.45) is 0 Å². The minimum atomic E-state index is 0. The lowest BCUT2D eigenvalue weighted by atomic mass is 10.1. The largest absolute Gasteiger partial charge is 0.311 e. The summed E-state index contributed by atoms with van der Waals surface area (Å²) in [5, 5.41) is 4.30. The van der Waals surface area contributed by atoms with Crippen molar-refractivity contribution in [3.8, 4) is 0 Å². The predicted molar refractivity (Wildman–Crippen MR) is 100.0 cm³/mol. The first-order chi connectivity index (χ1) is 10.2. The van der Waals surface area contributed by atoms with Crippen molar-refractivity contribution in [3.63, 3.8) is 0 Å². The van der Waals surface area contributed by atoms with Crippen LogP contribution >= 0.6 is 24.0 Å². The van der Waals surface area contributed by atoms with Crippen molar-refractivity contribution in [2.75, 3.05) is 6.54 Å². The van der Waals surface area contributed by atoms with Crippen LogP contribution in [0.15, 0.2) is 60.7 Å². The molecule has 0 fully saturated rings. The Labute approximate surface area is 144 Å². The van der Waals surface area contributed by atoms with Gasteiger partial charge >= 0.3 is 0 Å². The quantitative estimate of drug-likeness (QED) is 0.715. The molecule has 1 atom stereocenters. The molecule has 1 unspecified atom stereocenters. The van der Waals surface area contributed by atoms with Gasteiger partial charge in [0.2, 0.25) is 0 Å². The third-order valence-electron chi connectivity index (χ3n) is 3.47. The Morgan fingerprint density at radius 2 is 1.73 bits per heavy atom. The summed E-state index contributed by atoms with van der Waals surface area (Å²) in [6.07, 6.45) is 6.55. The van der Waals surface area contributed by atoms with Gasteiger partial charge in [-0.3, -0.25) is 0 Å². The molecule has 0 radical (unpaired) electrons. The zero-order valence-corrected chi connectivity index (χ0v) is 14.4. The molecule has 0 aromatic heterocycles. The maximum absolute atomic E-state index is 5.86. The van der Waals surface area contributed by atoms with E-state index in [1.807, 2.05) is 24.3 Å². The molecule has 118 valence electrons. The van der Waals surface area contributed by atoms with Crippen molar-refractivity contribution in [3.05, 3.63) is 76.8 Å². The summed E-state index contributed by atoms with van der Waals surface area (Å²) in [6, 6.07) is 19.0. The topological polar surface area (TPSA) is 12.0 Å². The third kappa shape index (κ3) is 7.13. The predicted octanol–water partition coefficient (Wildman–Crippen LogP) is 5.39. The molecule has 2 aromatic carbocycles. The van der Waals surface area contributed by atoms with E-state index in [2.05, 4.69) is 54.7 Å². The monoisotopic (exact) mass is 335 g/mol. The molecule has 0 amide bonds. The van der Waals surface area contributed by atoms with Crippen LogP contribution < -0.4 is 5.32 Å². The maximum Gasteiger partial charge on any atom is 0.0406 e. The smallest absolute Gasteiger partial charge is 0.0406 e. The minimum absolute atomic E-state index is 0. The molecule has 3 heteroatoms. The zero-order chi connectivity index (χ0) is 14.9. The van der Waals surface area contributed by atoms with Crippen LogP contribution in [0.25, 0.3) is 6.08 Å². The number of nitrogens with one attached hydrogen (secondary N) is 1. The maximum atomic E-state index is 5.86. The van der Waals surface area contributed by atoms with Gasteiger partial charge in [-0.25, -0.2) is 0 Å². The Hall–Kier alpha value is -1.28. The van der Waals surface area contributed by atoms with E-state index < -0.39 is 0 Å². The van der Waals surface area contributed by atoms with Gasteiger partial charge in [-0.05, 0) is 43.0 Å². The van der Waals surface area contributed by atoms with Gasteiger partial charge in [-0.2, -0.15) is 0 Å². The molecule has 1 N–H and O–H groups in total. The van der Waals surface area contributed by atoms with E-state index in [1.165, 1.54) is 11.1 Å². The van der Waals surface area contributed by atoms with Crippen LogP contribution in [-0.2, 0) is 6.42 Å². The van der Waals surface area contributed by atoms with Crippen molar-refractivity contribution >= 4 is 30.1 Å². The van der Waals surface area contributed by atoms with E-state index in [4.69, 9.17) is 11.6 Å². The standard InChI is InChI=1S/C19H22ClN.ClH/c1-16(9-10-17-6-3-2-4-7-17)21-15-5-8-18-11-13-19(20)14-12-18;/h2-8,11-14,16,21H,9-10,15H2,1H3;1H/b8-5+;. The van der Waals surface area contributed by atoms with Crippen LogP contribution in [-0.4, -0.2) is 12.6 Å². The highest BCUT2D eigenvalue weighted by molar-refractivity contribution is 6.30. The number of hydrogen-bond acceptors (Lipinski definition) is 1. The van der Waals surface area contributed by atoms with Crippen LogP contribution in [0.1, 0.15) is 24.5 Å². The number of hydrogen-bond donors (Lipinski definition) is 1. The fourth-order valence-electron chi connectivity index (χ4n) is 2.17. The molecule has 0 bridgehead atoms. The number of benzene rings is 2. The summed E-state index contributed by atoms with van der Waals surface area (Å²) < 4.78 is 0. The van der Waals surface area contributed by atoms with Crippen LogP contribution in [0.2, 0.25) is 5.02 Å². The first kappa shape index (κ1) is 18.8. The van der Waals surface area contributed by atoms with Gasteiger partial charge in [-0.1, -0.05) is 66.2 Å². The summed E-state index contributed by atoms with van der Waals surface area (Å²) in [5.41, 5.74) is 2.58. The van der Waals surface area contributed by atoms with E-state index in [9.17, 15) is 0 Å². The van der Waals surface area contributed by atoms with Gasteiger partial charge in [0.15, 0.2) is 0 Å². The molecule has 0 saturated carbocycles. The zero-order valence-electron chi connectivity index (χ0n) is 12.8. The number of aryl methyl sites for hydroxylation is 1. The molecular formula is C19H23Cl2N. The molecule has 0 heterocycles. The van der Waals surface area contributed by atoms with E-state index >= 15 is 0 Å². The Balaban J connectivity index is 0.00000242. The molecule has 2 rings (SSSR count). The summed E-state index contributed by atoms with van der Waals surface area (Å²) in [7, 11) is 0. The third-order valence-corrected chi connectivity index (χ3v) is 3.73. The lowest BCUT2D eigenvalue weighted by Gasteiger charge is -2.12. The van der Waals surface area contributed by atoms with E-state index in [0.29, 0.717) is 6.04 Å². The molecule has 22 heavy (non-hydrogen) atoms. The molecule has 0 aliphatic rings. The van der Waals surface area contributed by atoms with E-state index in [-0.39, 0.29) is 12.4 Å². The van der Waals surface area contributed by atoms with Gasteiger partial charge in [0.1, 0.15) is 0 Å². The fourth-order valence-corrected chi connectivity index (χ4v) is 2.29. The number of rotatable bonds is 7. The van der Waals surface area contributed by atoms with Crippen LogP contribution in [0.4, 0.5) is 0 Å². The lowest BCUT2D eigenvalue weighted by molar-refractivity contribution is 0.543. The average Bonchev–Trinajstić information content (AvgIpc) is 2.52. The van der Waals surface area contributed by atoms with E-state index in [0.717, 1.165) is 24.4 Å². The van der Waals surface area contributed by atoms with Crippen molar-refractivity contribution < 1.29 is 0 Å². The van der Waals surface area contributed by atoms with Gasteiger partial charge in [-0.15, -0.1) is 12.4 Å². The van der Waals surface area contributed by atoms with Crippen molar-refractivity contribution in [1.82, 2.24) is 5.32 Å². The summed E-state index contributed by atoms with van der Waals surface area (Å²) >= 11 is 5.86. The highest BCUT2D eigenvalue weighted by Gasteiger charge is 2.00. The minimum Gasteiger partial charge on any atom is -0.311 e. The van der Waals surface area contributed by atoms with Crippen molar-refractivity contribution in [1.29, 1.82) is 0 Å². The molecule has 1 nitrogen and oxygen atoms in total. The second kappa shape index (κ2) is 10.4. The van der Waals surface area contributed by atoms with E-state index in [1.54, 1.807) is 0 Å². The summed E-state index contributed by atoms with van der Waals surface area (Å²) in [6.45, 7) is 3.12. The van der Waals surface area contributed by atoms with Crippen LogP contribution in [0.5, 0.6) is 0 Å². The normalized spacial score (nSPS) is 12.1. The second-order valence-corrected chi connectivity index (χ2v) is 5.72. The van der Waals surface area contributed by atoms with Gasteiger partial charge in [0, 0.05) is 17.6 Å². The Bertz CT molecular complexity index is 549.